The van der Waals surface area contributed by atoms with Crippen molar-refractivity contribution in [2.24, 2.45) is 5.73 Å². The second-order valence-electron chi connectivity index (χ2n) is 3.92. The highest BCUT2D eigenvalue weighted by Crippen LogP contribution is 2.19. The first-order valence-corrected chi connectivity index (χ1v) is 5.28. The maximum absolute atomic E-state index is 11.5. The maximum atomic E-state index is 11.5. The molecule has 0 aliphatic carbocycles. The van der Waals surface area contributed by atoms with Gasteiger partial charge in [-0.2, -0.15) is 0 Å². The van der Waals surface area contributed by atoms with Crippen molar-refractivity contribution >= 4 is 17.3 Å². The van der Waals surface area contributed by atoms with E-state index in [0.717, 1.165) is 0 Å². The van der Waals surface area contributed by atoms with Gasteiger partial charge in [-0.15, -0.1) is 0 Å². The van der Waals surface area contributed by atoms with Gasteiger partial charge in [0, 0.05) is 23.2 Å². The summed E-state index contributed by atoms with van der Waals surface area (Å²) in [5.41, 5.74) is 7.14. The van der Waals surface area contributed by atoms with Crippen molar-refractivity contribution in [2.75, 3.05) is 0 Å². The first-order valence-electron chi connectivity index (χ1n) is 5.28. The third-order valence-corrected chi connectivity index (χ3v) is 2.62. The molecule has 0 aliphatic rings. The Morgan fingerprint density at radius 3 is 1.59 bits per heavy atom. The van der Waals surface area contributed by atoms with E-state index in [1.165, 1.54) is 32.9 Å². The first-order chi connectivity index (χ1) is 7.88. The molecule has 2 N–H and O–H groups in total. The van der Waals surface area contributed by atoms with Gasteiger partial charge in [0.05, 0.1) is 0 Å². The van der Waals surface area contributed by atoms with Crippen molar-refractivity contribution in [1.29, 1.82) is 0 Å². The van der Waals surface area contributed by atoms with Gasteiger partial charge < -0.3 is 5.73 Å². The summed E-state index contributed by atoms with van der Waals surface area (Å²) in [4.78, 5) is 34.3. The maximum Gasteiger partial charge on any atom is 0.160 e. The molecule has 90 valence electrons. The van der Waals surface area contributed by atoms with Gasteiger partial charge in [0.1, 0.15) is 0 Å². The Bertz CT molecular complexity index is 468. The van der Waals surface area contributed by atoms with Crippen molar-refractivity contribution in [3.05, 3.63) is 34.4 Å². The van der Waals surface area contributed by atoms with Crippen LogP contribution in [-0.2, 0) is 6.54 Å². The van der Waals surface area contributed by atoms with E-state index >= 15 is 0 Å². The lowest BCUT2D eigenvalue weighted by atomic mass is 9.92. The highest BCUT2D eigenvalue weighted by atomic mass is 16.1. The summed E-state index contributed by atoms with van der Waals surface area (Å²) in [6.45, 7) is 4.28. The molecule has 0 saturated heterocycles. The van der Waals surface area contributed by atoms with E-state index < -0.39 is 0 Å². The minimum Gasteiger partial charge on any atom is -0.326 e. The molecule has 0 amide bonds. The van der Waals surface area contributed by atoms with Crippen LogP contribution in [0.25, 0.3) is 0 Å². The Balaban J connectivity index is 3.63. The molecule has 1 aromatic rings. The van der Waals surface area contributed by atoms with Crippen LogP contribution in [0.1, 0.15) is 57.4 Å². The highest BCUT2D eigenvalue weighted by Gasteiger charge is 2.17. The highest BCUT2D eigenvalue weighted by molar-refractivity contribution is 6.06. The lowest BCUT2D eigenvalue weighted by molar-refractivity contribution is 0.101. The number of carbonyl (C=O) groups is 3. The number of ketones is 3. The van der Waals surface area contributed by atoms with Gasteiger partial charge in [-0.3, -0.25) is 14.4 Å². The zero-order valence-electron chi connectivity index (χ0n) is 10.2. The van der Waals surface area contributed by atoms with Crippen LogP contribution in [0.3, 0.4) is 0 Å². The normalized spacial score (nSPS) is 10.1. The van der Waals surface area contributed by atoms with Crippen molar-refractivity contribution < 1.29 is 14.4 Å². The molecule has 0 aromatic heterocycles. The standard InChI is InChI=1S/C13H15NO3/c1-7(15)10-4-11(8(2)16)13(6-14)12(5-10)9(3)17/h4-5H,6,14H2,1-3H3. The Kier molecular flexibility index (Phi) is 3.91. The summed E-state index contributed by atoms with van der Waals surface area (Å²) >= 11 is 0. The second kappa shape index (κ2) is 5.01. The zero-order valence-corrected chi connectivity index (χ0v) is 10.2. The minimum absolute atomic E-state index is 0.0992. The summed E-state index contributed by atoms with van der Waals surface area (Å²) in [5, 5.41) is 0. The van der Waals surface area contributed by atoms with Crippen LogP contribution in [-0.4, -0.2) is 17.3 Å². The number of hydrogen-bond donors (Lipinski definition) is 1. The largest absolute Gasteiger partial charge is 0.326 e. The molecule has 0 fully saturated rings. The van der Waals surface area contributed by atoms with Crippen LogP contribution < -0.4 is 5.73 Å². The lowest BCUT2D eigenvalue weighted by Gasteiger charge is -2.11. The topological polar surface area (TPSA) is 77.2 Å². The first kappa shape index (κ1) is 13.3. The third kappa shape index (κ3) is 2.65. The predicted molar refractivity (Wildman–Crippen MR) is 64.3 cm³/mol. The van der Waals surface area contributed by atoms with Gasteiger partial charge in [-0.1, -0.05) is 0 Å². The van der Waals surface area contributed by atoms with Crippen LogP contribution >= 0.6 is 0 Å². The number of nitrogens with two attached hydrogens (primary N) is 1. The molecule has 0 heterocycles. The second-order valence-corrected chi connectivity index (χ2v) is 3.92. The lowest BCUT2D eigenvalue weighted by Crippen LogP contribution is -2.13. The van der Waals surface area contributed by atoms with Crippen LogP contribution in [0, 0.1) is 0 Å². The van der Waals surface area contributed by atoms with Crippen molar-refractivity contribution in [3.8, 4) is 0 Å². The average Bonchev–Trinajstić information content (AvgIpc) is 2.26. The summed E-state index contributed by atoms with van der Waals surface area (Å²) < 4.78 is 0. The molecule has 0 aliphatic heterocycles. The monoisotopic (exact) mass is 233 g/mol. The van der Waals surface area contributed by atoms with Crippen molar-refractivity contribution in [2.45, 2.75) is 27.3 Å². The van der Waals surface area contributed by atoms with Crippen molar-refractivity contribution in [1.82, 2.24) is 0 Å². The molecular weight excluding hydrogens is 218 g/mol. The Labute approximate surface area is 99.8 Å². The van der Waals surface area contributed by atoms with E-state index in [4.69, 9.17) is 5.73 Å². The summed E-state index contributed by atoms with van der Waals surface area (Å²) in [5.74, 6) is -0.578. The molecule has 17 heavy (non-hydrogen) atoms. The van der Waals surface area contributed by atoms with E-state index in [1.807, 2.05) is 0 Å². The van der Waals surface area contributed by atoms with Gasteiger partial charge >= 0.3 is 0 Å². The fraction of sp³-hybridized carbons (Fsp3) is 0.308. The summed E-state index contributed by atoms with van der Waals surface area (Å²) in [6.07, 6.45) is 0. The average molecular weight is 233 g/mol. The molecule has 1 aromatic carbocycles. The van der Waals surface area contributed by atoms with Gasteiger partial charge in [0.25, 0.3) is 0 Å². The molecule has 0 bridgehead atoms. The van der Waals surface area contributed by atoms with E-state index in [1.54, 1.807) is 0 Å². The summed E-state index contributed by atoms with van der Waals surface area (Å²) in [7, 11) is 0. The van der Waals surface area contributed by atoms with Crippen molar-refractivity contribution in [3.63, 3.8) is 0 Å². The van der Waals surface area contributed by atoms with Gasteiger partial charge in [-0.05, 0) is 38.5 Å². The predicted octanol–water partition coefficient (Wildman–Crippen LogP) is 1.75. The minimum atomic E-state index is -0.198. The van der Waals surface area contributed by atoms with Gasteiger partial charge in [0.2, 0.25) is 0 Å². The van der Waals surface area contributed by atoms with Crippen LogP contribution in [0.2, 0.25) is 0 Å². The Morgan fingerprint density at radius 2 is 1.35 bits per heavy atom. The van der Waals surface area contributed by atoms with E-state index in [-0.39, 0.29) is 23.9 Å². The van der Waals surface area contributed by atoms with Crippen LogP contribution in [0.5, 0.6) is 0 Å². The Hall–Kier alpha value is -1.81. The molecule has 0 spiro atoms. The molecule has 4 nitrogen and oxygen atoms in total. The molecule has 4 heteroatoms. The van der Waals surface area contributed by atoms with Crippen LogP contribution in [0.4, 0.5) is 0 Å². The fourth-order valence-corrected chi connectivity index (χ4v) is 1.72. The van der Waals surface area contributed by atoms with E-state index in [2.05, 4.69) is 0 Å². The molecule has 0 saturated carbocycles. The molecule has 0 unspecified atom stereocenters. The quantitative estimate of drug-likeness (QED) is 0.804. The van der Waals surface area contributed by atoms with Gasteiger partial charge in [0.15, 0.2) is 17.3 Å². The van der Waals surface area contributed by atoms with E-state index in [0.29, 0.717) is 22.3 Å². The molecule has 1 rings (SSSR count). The zero-order chi connectivity index (χ0) is 13.2. The number of Topliss-reactive ketones (excluding diaryl/α,β-unsaturated/α-hetero) is 3. The third-order valence-electron chi connectivity index (χ3n) is 2.62. The molecular formula is C13H15NO3. The number of carbonyl (C=O) groups excluding carboxylic acids is 3. The fourth-order valence-electron chi connectivity index (χ4n) is 1.72. The van der Waals surface area contributed by atoms with Gasteiger partial charge in [-0.25, -0.2) is 0 Å². The molecule has 0 radical (unpaired) electrons. The van der Waals surface area contributed by atoms with Crippen LogP contribution in [0.15, 0.2) is 12.1 Å². The molecule has 0 atom stereocenters. The number of rotatable bonds is 4. The Morgan fingerprint density at radius 1 is 0.941 bits per heavy atom. The number of hydrogen-bond acceptors (Lipinski definition) is 4. The summed E-state index contributed by atoms with van der Waals surface area (Å²) in [6, 6.07) is 3.00. The number of benzene rings is 1. The van der Waals surface area contributed by atoms with E-state index in [9.17, 15) is 14.4 Å². The smallest absolute Gasteiger partial charge is 0.160 e. The SMILES string of the molecule is CC(=O)c1cc(C(C)=O)c(CN)c(C(C)=O)c1.